The Labute approximate surface area is 66.3 Å². The van der Waals surface area contributed by atoms with Crippen LogP contribution in [-0.4, -0.2) is 36.6 Å². The van der Waals surface area contributed by atoms with E-state index in [1.807, 2.05) is 0 Å². The second-order valence-electron chi connectivity index (χ2n) is 3.50. The van der Waals surface area contributed by atoms with Crippen LogP contribution in [0.15, 0.2) is 0 Å². The largest absolute Gasteiger partial charge is 0.393 e. The van der Waals surface area contributed by atoms with Crippen molar-refractivity contribution in [1.82, 2.24) is 0 Å². The number of ether oxygens (including phenoxy) is 2. The van der Waals surface area contributed by atoms with Crippen LogP contribution in [0.4, 0.5) is 0 Å². The van der Waals surface area contributed by atoms with Crippen molar-refractivity contribution in [3.8, 4) is 0 Å². The van der Waals surface area contributed by atoms with E-state index in [0.717, 1.165) is 13.0 Å². The number of hydrogen-bond acceptors (Lipinski definition) is 3. The van der Waals surface area contributed by atoms with Gasteiger partial charge in [0.25, 0.3) is 0 Å². The van der Waals surface area contributed by atoms with Gasteiger partial charge in [-0.15, -0.1) is 0 Å². The summed E-state index contributed by atoms with van der Waals surface area (Å²) in [5.74, 6) is 0.348. The van der Waals surface area contributed by atoms with E-state index >= 15 is 0 Å². The highest BCUT2D eigenvalue weighted by molar-refractivity contribution is 4.98. The fourth-order valence-corrected chi connectivity index (χ4v) is 1.98. The molecule has 2 bridgehead atoms. The van der Waals surface area contributed by atoms with Crippen LogP contribution in [-0.2, 0) is 9.47 Å². The molecule has 2 fully saturated rings. The molecule has 0 aromatic carbocycles. The van der Waals surface area contributed by atoms with Gasteiger partial charge in [-0.1, -0.05) is 6.92 Å². The molecule has 3 nitrogen and oxygen atoms in total. The van der Waals surface area contributed by atoms with Gasteiger partial charge in [0.05, 0.1) is 25.9 Å². The second-order valence-corrected chi connectivity index (χ2v) is 3.50. The zero-order valence-corrected chi connectivity index (χ0v) is 6.75. The average Bonchev–Trinajstić information content (AvgIpc) is 2.25. The minimum absolute atomic E-state index is 0.0880. The Bertz CT molecular complexity index is 155. The maximum Gasteiger partial charge on any atom is 0.119 e. The SMILES string of the molecule is CC1C2CCOC1(CO)CO2. The predicted octanol–water partition coefficient (Wildman–Crippen LogP) is 0.173. The molecule has 0 amide bonds. The fourth-order valence-electron chi connectivity index (χ4n) is 1.98. The van der Waals surface area contributed by atoms with Crippen LogP contribution in [0.2, 0.25) is 0 Å². The molecule has 0 radical (unpaired) electrons. The van der Waals surface area contributed by atoms with Crippen molar-refractivity contribution in [2.24, 2.45) is 5.92 Å². The molecule has 1 N–H and O–H groups in total. The Hall–Kier alpha value is -0.120. The zero-order valence-electron chi connectivity index (χ0n) is 6.75. The molecule has 2 aliphatic heterocycles. The maximum atomic E-state index is 9.13. The van der Waals surface area contributed by atoms with Crippen molar-refractivity contribution in [2.75, 3.05) is 19.8 Å². The molecule has 2 heterocycles. The molecule has 64 valence electrons. The van der Waals surface area contributed by atoms with Crippen LogP contribution in [0, 0.1) is 5.92 Å². The molecule has 3 unspecified atom stereocenters. The minimum Gasteiger partial charge on any atom is -0.393 e. The van der Waals surface area contributed by atoms with Crippen molar-refractivity contribution in [1.29, 1.82) is 0 Å². The van der Waals surface area contributed by atoms with Gasteiger partial charge in [-0.2, -0.15) is 0 Å². The first-order chi connectivity index (χ1) is 5.28. The average molecular weight is 158 g/mol. The van der Waals surface area contributed by atoms with E-state index in [0.29, 0.717) is 18.6 Å². The Kier molecular flexibility index (Phi) is 1.67. The Balaban J connectivity index is 2.19. The van der Waals surface area contributed by atoms with Gasteiger partial charge in [0.1, 0.15) is 5.60 Å². The van der Waals surface area contributed by atoms with E-state index in [1.165, 1.54) is 0 Å². The zero-order chi connectivity index (χ0) is 7.90. The van der Waals surface area contributed by atoms with Gasteiger partial charge in [-0.3, -0.25) is 0 Å². The van der Waals surface area contributed by atoms with Crippen molar-refractivity contribution < 1.29 is 14.6 Å². The molecule has 2 saturated heterocycles. The third-order valence-corrected chi connectivity index (χ3v) is 2.99. The molecule has 0 saturated carbocycles. The molecule has 2 rings (SSSR count). The summed E-state index contributed by atoms with van der Waals surface area (Å²) < 4.78 is 11.0. The first kappa shape index (κ1) is 7.53. The van der Waals surface area contributed by atoms with Crippen LogP contribution in [0.25, 0.3) is 0 Å². The van der Waals surface area contributed by atoms with E-state index < -0.39 is 0 Å². The summed E-state index contributed by atoms with van der Waals surface area (Å²) in [5.41, 5.74) is -0.372. The van der Waals surface area contributed by atoms with E-state index in [-0.39, 0.29) is 12.2 Å². The summed E-state index contributed by atoms with van der Waals surface area (Å²) >= 11 is 0. The first-order valence-electron chi connectivity index (χ1n) is 4.15. The van der Waals surface area contributed by atoms with Crippen LogP contribution in [0.1, 0.15) is 13.3 Å². The quantitative estimate of drug-likeness (QED) is 0.591. The van der Waals surface area contributed by atoms with Gasteiger partial charge in [0.2, 0.25) is 0 Å². The predicted molar refractivity (Wildman–Crippen MR) is 39.3 cm³/mol. The molecule has 2 aliphatic rings. The third kappa shape index (κ3) is 0.916. The van der Waals surface area contributed by atoms with E-state index in [4.69, 9.17) is 14.6 Å². The van der Waals surface area contributed by atoms with Gasteiger partial charge in [-0.25, -0.2) is 0 Å². The summed E-state index contributed by atoms with van der Waals surface area (Å²) in [7, 11) is 0. The normalized spacial score (nSPS) is 49.6. The second kappa shape index (κ2) is 2.44. The van der Waals surface area contributed by atoms with Gasteiger partial charge in [0, 0.05) is 5.92 Å². The Morgan fingerprint density at radius 1 is 1.64 bits per heavy atom. The fraction of sp³-hybridized carbons (Fsp3) is 1.00. The topological polar surface area (TPSA) is 38.7 Å². The van der Waals surface area contributed by atoms with E-state index in [9.17, 15) is 0 Å². The lowest BCUT2D eigenvalue weighted by Gasteiger charge is -2.35. The molecule has 11 heavy (non-hydrogen) atoms. The summed E-state index contributed by atoms with van der Waals surface area (Å²) in [4.78, 5) is 0. The van der Waals surface area contributed by atoms with E-state index in [2.05, 4.69) is 6.92 Å². The standard InChI is InChI=1S/C8H14O3/c1-6-7-2-3-11-8(6,4-9)5-10-7/h6-7,9H,2-5H2,1H3. The lowest BCUT2D eigenvalue weighted by Crippen LogP contribution is -2.47. The van der Waals surface area contributed by atoms with E-state index in [1.54, 1.807) is 0 Å². The van der Waals surface area contributed by atoms with Crippen LogP contribution in [0.5, 0.6) is 0 Å². The molecular weight excluding hydrogens is 144 g/mol. The van der Waals surface area contributed by atoms with Gasteiger partial charge >= 0.3 is 0 Å². The van der Waals surface area contributed by atoms with Crippen molar-refractivity contribution >= 4 is 0 Å². The third-order valence-electron chi connectivity index (χ3n) is 2.99. The summed E-state index contributed by atoms with van der Waals surface area (Å²) in [6.07, 6.45) is 1.29. The van der Waals surface area contributed by atoms with Crippen molar-refractivity contribution in [3.05, 3.63) is 0 Å². The Morgan fingerprint density at radius 3 is 3.09 bits per heavy atom. The molecular formula is C8H14O3. The lowest BCUT2D eigenvalue weighted by atomic mass is 9.85. The molecule has 3 atom stereocenters. The highest BCUT2D eigenvalue weighted by atomic mass is 16.6. The first-order valence-corrected chi connectivity index (χ1v) is 4.15. The monoisotopic (exact) mass is 158 g/mol. The number of aliphatic hydroxyl groups is 1. The molecule has 3 heteroatoms. The molecule has 0 aromatic heterocycles. The highest BCUT2D eigenvalue weighted by Crippen LogP contribution is 2.38. The molecule has 0 spiro atoms. The molecule has 0 aromatic rings. The van der Waals surface area contributed by atoms with Gasteiger partial charge in [-0.05, 0) is 6.42 Å². The van der Waals surface area contributed by atoms with Crippen LogP contribution < -0.4 is 0 Å². The number of fused-ring (bicyclic) bond motifs is 2. The van der Waals surface area contributed by atoms with Crippen molar-refractivity contribution in [2.45, 2.75) is 25.0 Å². The van der Waals surface area contributed by atoms with Gasteiger partial charge in [0.15, 0.2) is 0 Å². The minimum atomic E-state index is -0.372. The summed E-state index contributed by atoms with van der Waals surface area (Å²) in [6, 6.07) is 0. The highest BCUT2D eigenvalue weighted by Gasteiger charge is 2.50. The summed E-state index contributed by atoms with van der Waals surface area (Å²) in [6.45, 7) is 3.47. The lowest BCUT2D eigenvalue weighted by molar-refractivity contribution is -0.113. The van der Waals surface area contributed by atoms with Gasteiger partial charge < -0.3 is 14.6 Å². The Morgan fingerprint density at radius 2 is 2.45 bits per heavy atom. The van der Waals surface area contributed by atoms with Crippen molar-refractivity contribution in [3.63, 3.8) is 0 Å². The molecule has 0 aliphatic carbocycles. The number of rotatable bonds is 1. The smallest absolute Gasteiger partial charge is 0.119 e. The van der Waals surface area contributed by atoms with Crippen LogP contribution in [0.3, 0.4) is 0 Å². The summed E-state index contributed by atoms with van der Waals surface area (Å²) in [5, 5.41) is 9.13. The number of hydrogen-bond donors (Lipinski definition) is 1. The van der Waals surface area contributed by atoms with Crippen LogP contribution >= 0.6 is 0 Å². The number of aliphatic hydroxyl groups excluding tert-OH is 1. The maximum absolute atomic E-state index is 9.13.